The Morgan fingerprint density at radius 2 is 1.79 bits per heavy atom. The normalized spacial score (nSPS) is 12.7. The first kappa shape index (κ1) is 10.9. The van der Waals surface area contributed by atoms with Crippen LogP contribution in [0.25, 0.3) is 0 Å². The maximum absolute atomic E-state index is 9.25. The fourth-order valence-electron chi connectivity index (χ4n) is 1.42. The van der Waals surface area contributed by atoms with Gasteiger partial charge in [-0.05, 0) is 24.1 Å². The smallest absolute Gasteiger partial charge is 0.119 e. The van der Waals surface area contributed by atoms with Crippen molar-refractivity contribution in [2.45, 2.75) is 32.2 Å². The molecule has 0 bridgehead atoms. The third kappa shape index (κ3) is 2.92. The summed E-state index contributed by atoms with van der Waals surface area (Å²) in [5.41, 5.74) is 6.68. The lowest BCUT2D eigenvalue weighted by Gasteiger charge is -2.11. The topological polar surface area (TPSA) is 66.5 Å². The van der Waals surface area contributed by atoms with Crippen LogP contribution >= 0.6 is 0 Å². The maximum atomic E-state index is 9.25. The molecule has 0 fully saturated rings. The summed E-state index contributed by atoms with van der Waals surface area (Å²) in [4.78, 5) is 0. The number of hydrogen-bond donors (Lipinski definition) is 3. The van der Waals surface area contributed by atoms with Gasteiger partial charge < -0.3 is 15.9 Å². The minimum atomic E-state index is -0.104. The number of phenols is 2. The largest absolute Gasteiger partial charge is 0.508 e. The predicted octanol–water partition coefficient (Wildman–Crippen LogP) is 2.29. The van der Waals surface area contributed by atoms with Gasteiger partial charge in [-0.15, -0.1) is 0 Å². The predicted molar refractivity (Wildman–Crippen MR) is 56.2 cm³/mol. The van der Waals surface area contributed by atoms with Gasteiger partial charge >= 0.3 is 0 Å². The van der Waals surface area contributed by atoms with Gasteiger partial charge in [0.1, 0.15) is 11.5 Å². The average Bonchev–Trinajstić information content (AvgIpc) is 2.12. The van der Waals surface area contributed by atoms with Crippen LogP contribution in [0, 0.1) is 0 Å². The number of rotatable bonds is 4. The van der Waals surface area contributed by atoms with Crippen molar-refractivity contribution in [1.29, 1.82) is 0 Å². The van der Waals surface area contributed by atoms with Crippen molar-refractivity contribution < 1.29 is 10.2 Å². The summed E-state index contributed by atoms with van der Waals surface area (Å²) in [7, 11) is 0. The van der Waals surface area contributed by atoms with Gasteiger partial charge in [0, 0.05) is 12.1 Å². The van der Waals surface area contributed by atoms with Crippen LogP contribution in [0.15, 0.2) is 18.2 Å². The van der Waals surface area contributed by atoms with Crippen LogP contribution in [-0.2, 0) is 0 Å². The van der Waals surface area contributed by atoms with Crippen molar-refractivity contribution >= 4 is 0 Å². The van der Waals surface area contributed by atoms with Gasteiger partial charge in [0.25, 0.3) is 0 Å². The van der Waals surface area contributed by atoms with E-state index in [4.69, 9.17) is 5.73 Å². The summed E-state index contributed by atoms with van der Waals surface area (Å²) >= 11 is 0. The molecule has 0 aromatic heterocycles. The highest BCUT2D eigenvalue weighted by Crippen LogP contribution is 2.25. The molecule has 1 atom stereocenters. The second-order valence-electron chi connectivity index (χ2n) is 3.53. The van der Waals surface area contributed by atoms with Gasteiger partial charge in [-0.1, -0.05) is 19.8 Å². The lowest BCUT2D eigenvalue weighted by Crippen LogP contribution is -2.09. The van der Waals surface area contributed by atoms with E-state index < -0.39 is 0 Å². The van der Waals surface area contributed by atoms with E-state index in [1.54, 1.807) is 12.1 Å². The van der Waals surface area contributed by atoms with Crippen LogP contribution < -0.4 is 5.73 Å². The van der Waals surface area contributed by atoms with E-state index in [0.717, 1.165) is 24.8 Å². The SMILES string of the molecule is CCCC[C@@H](N)c1cc(O)cc(O)c1. The fraction of sp³-hybridized carbons (Fsp3) is 0.455. The molecule has 0 aliphatic heterocycles. The lowest BCUT2D eigenvalue weighted by atomic mass is 10.0. The van der Waals surface area contributed by atoms with Crippen molar-refractivity contribution in [2.24, 2.45) is 5.73 Å². The van der Waals surface area contributed by atoms with Crippen LogP contribution in [0.3, 0.4) is 0 Å². The van der Waals surface area contributed by atoms with Crippen LogP contribution in [-0.4, -0.2) is 10.2 Å². The van der Waals surface area contributed by atoms with Crippen LogP contribution in [0.2, 0.25) is 0 Å². The molecule has 3 heteroatoms. The van der Waals surface area contributed by atoms with Gasteiger partial charge in [-0.25, -0.2) is 0 Å². The summed E-state index contributed by atoms with van der Waals surface area (Å²) < 4.78 is 0. The molecule has 0 radical (unpaired) electrons. The highest BCUT2D eigenvalue weighted by molar-refractivity contribution is 5.37. The van der Waals surface area contributed by atoms with E-state index in [9.17, 15) is 10.2 Å². The molecule has 78 valence electrons. The molecule has 1 rings (SSSR count). The first-order valence-electron chi connectivity index (χ1n) is 4.92. The number of nitrogens with two attached hydrogens (primary N) is 1. The van der Waals surface area contributed by atoms with Crippen molar-refractivity contribution in [3.05, 3.63) is 23.8 Å². The Morgan fingerprint density at radius 3 is 2.29 bits per heavy atom. The monoisotopic (exact) mass is 195 g/mol. The Morgan fingerprint density at radius 1 is 1.21 bits per heavy atom. The molecule has 0 heterocycles. The van der Waals surface area contributed by atoms with E-state index in [1.807, 2.05) is 0 Å². The summed E-state index contributed by atoms with van der Waals surface area (Å²) in [5, 5.41) is 18.5. The lowest BCUT2D eigenvalue weighted by molar-refractivity contribution is 0.447. The Bertz CT molecular complexity index is 279. The Hall–Kier alpha value is -1.22. The Balaban J connectivity index is 2.73. The quantitative estimate of drug-likeness (QED) is 0.690. The van der Waals surface area contributed by atoms with Crippen molar-refractivity contribution in [2.75, 3.05) is 0 Å². The van der Waals surface area contributed by atoms with Crippen LogP contribution in [0.1, 0.15) is 37.8 Å². The standard InChI is InChI=1S/C11H17NO2/c1-2-3-4-11(12)8-5-9(13)7-10(14)6-8/h5-7,11,13-14H,2-4,12H2,1H3/t11-/m1/s1. The van der Waals surface area contributed by atoms with E-state index in [2.05, 4.69) is 6.92 Å². The molecule has 0 spiro atoms. The average molecular weight is 195 g/mol. The van der Waals surface area contributed by atoms with Crippen LogP contribution in [0.5, 0.6) is 11.5 Å². The number of phenolic OH excluding ortho intramolecular Hbond substituents is 2. The second kappa shape index (κ2) is 4.86. The van der Waals surface area contributed by atoms with E-state index in [0.29, 0.717) is 0 Å². The number of benzene rings is 1. The fourth-order valence-corrected chi connectivity index (χ4v) is 1.42. The Labute approximate surface area is 84.2 Å². The van der Waals surface area contributed by atoms with Gasteiger partial charge in [-0.3, -0.25) is 0 Å². The molecule has 3 nitrogen and oxygen atoms in total. The van der Waals surface area contributed by atoms with Crippen LogP contribution in [0.4, 0.5) is 0 Å². The molecular formula is C11H17NO2. The van der Waals surface area contributed by atoms with Gasteiger partial charge in [0.05, 0.1) is 0 Å². The molecule has 4 N–H and O–H groups in total. The molecule has 14 heavy (non-hydrogen) atoms. The molecule has 1 aromatic rings. The third-order valence-corrected chi connectivity index (χ3v) is 2.22. The van der Waals surface area contributed by atoms with E-state index in [-0.39, 0.29) is 17.5 Å². The first-order chi connectivity index (χ1) is 6.63. The van der Waals surface area contributed by atoms with Crippen molar-refractivity contribution in [3.63, 3.8) is 0 Å². The third-order valence-electron chi connectivity index (χ3n) is 2.22. The number of unbranched alkanes of at least 4 members (excludes halogenated alkanes) is 1. The summed E-state index contributed by atoms with van der Waals surface area (Å²) in [6.07, 6.45) is 3.02. The zero-order chi connectivity index (χ0) is 10.6. The highest BCUT2D eigenvalue weighted by atomic mass is 16.3. The zero-order valence-corrected chi connectivity index (χ0v) is 8.40. The van der Waals surface area contributed by atoms with Gasteiger partial charge in [0.15, 0.2) is 0 Å². The molecule has 0 saturated carbocycles. The molecule has 0 aliphatic rings. The molecule has 1 aromatic carbocycles. The number of hydrogen-bond acceptors (Lipinski definition) is 3. The molecular weight excluding hydrogens is 178 g/mol. The summed E-state index contributed by atoms with van der Waals surface area (Å²) in [6, 6.07) is 4.39. The highest BCUT2D eigenvalue weighted by Gasteiger charge is 2.07. The number of aromatic hydroxyl groups is 2. The summed E-state index contributed by atoms with van der Waals surface area (Å²) in [6.45, 7) is 2.10. The Kier molecular flexibility index (Phi) is 3.77. The van der Waals surface area contributed by atoms with Gasteiger partial charge in [0.2, 0.25) is 0 Å². The maximum Gasteiger partial charge on any atom is 0.119 e. The van der Waals surface area contributed by atoms with Crippen molar-refractivity contribution in [3.8, 4) is 11.5 Å². The molecule has 0 aliphatic carbocycles. The summed E-state index contributed by atoms with van der Waals surface area (Å²) in [5.74, 6) is 0.124. The minimum absolute atomic E-state index is 0.0620. The molecule has 0 saturated heterocycles. The molecule has 0 amide bonds. The minimum Gasteiger partial charge on any atom is -0.508 e. The van der Waals surface area contributed by atoms with Gasteiger partial charge in [-0.2, -0.15) is 0 Å². The van der Waals surface area contributed by atoms with Crippen molar-refractivity contribution in [1.82, 2.24) is 0 Å². The van der Waals surface area contributed by atoms with E-state index in [1.165, 1.54) is 6.07 Å². The zero-order valence-electron chi connectivity index (χ0n) is 8.40. The van der Waals surface area contributed by atoms with E-state index >= 15 is 0 Å². The second-order valence-corrected chi connectivity index (χ2v) is 3.53. The molecule has 0 unspecified atom stereocenters. The first-order valence-corrected chi connectivity index (χ1v) is 4.92.